The molecule has 0 spiro atoms. The van der Waals surface area contributed by atoms with Gasteiger partial charge in [0.2, 0.25) is 5.91 Å². The van der Waals surface area contributed by atoms with Gasteiger partial charge in [0.05, 0.1) is 12.2 Å². The highest BCUT2D eigenvalue weighted by Crippen LogP contribution is 2.34. The van der Waals surface area contributed by atoms with Crippen LogP contribution >= 0.6 is 11.3 Å². The number of amides is 2. The predicted molar refractivity (Wildman–Crippen MR) is 133 cm³/mol. The molecule has 0 bridgehead atoms. The number of thiazole rings is 1. The molecule has 1 unspecified atom stereocenters. The van der Waals surface area contributed by atoms with Gasteiger partial charge in [-0.1, -0.05) is 67.6 Å². The fourth-order valence-corrected chi connectivity index (χ4v) is 4.90. The minimum Gasteiger partial charge on any atom is -0.353 e. The van der Waals surface area contributed by atoms with Gasteiger partial charge in [-0.25, -0.2) is 4.98 Å². The summed E-state index contributed by atoms with van der Waals surface area (Å²) in [6, 6.07) is 20.0. The molecule has 3 aromatic rings. The maximum Gasteiger partial charge on any atom is 0.266 e. The molecule has 0 aliphatic carbocycles. The number of hydrogen-bond donors (Lipinski definition) is 1. The van der Waals surface area contributed by atoms with Crippen LogP contribution in [0.5, 0.6) is 0 Å². The maximum absolute atomic E-state index is 13.6. The quantitative estimate of drug-likeness (QED) is 0.573. The summed E-state index contributed by atoms with van der Waals surface area (Å²) >= 11 is 1.45. The SMILES string of the molecule is CCC(C)NC(=O)CN1CCN(C(=O)c2sc(-c3ccccc3)nc2-c2ccccc2)CC1. The van der Waals surface area contributed by atoms with Crippen LogP contribution in [0.2, 0.25) is 0 Å². The second-order valence-corrected chi connectivity index (χ2v) is 9.37. The van der Waals surface area contributed by atoms with E-state index in [0.717, 1.165) is 28.2 Å². The van der Waals surface area contributed by atoms with Gasteiger partial charge in [0.25, 0.3) is 5.91 Å². The van der Waals surface area contributed by atoms with Crippen LogP contribution in [-0.4, -0.2) is 65.4 Å². The van der Waals surface area contributed by atoms with E-state index in [-0.39, 0.29) is 17.9 Å². The highest BCUT2D eigenvalue weighted by molar-refractivity contribution is 7.17. The van der Waals surface area contributed by atoms with Gasteiger partial charge >= 0.3 is 0 Å². The number of nitrogens with zero attached hydrogens (tertiary/aromatic N) is 3. The molecule has 1 N–H and O–H groups in total. The molecule has 6 nitrogen and oxygen atoms in total. The number of rotatable bonds is 7. The first-order valence-electron chi connectivity index (χ1n) is 11.5. The molecule has 1 aliphatic heterocycles. The summed E-state index contributed by atoms with van der Waals surface area (Å²) in [5.74, 6) is 0.0580. The monoisotopic (exact) mass is 462 g/mol. The van der Waals surface area contributed by atoms with Crippen LogP contribution in [0.4, 0.5) is 0 Å². The van der Waals surface area contributed by atoms with E-state index >= 15 is 0 Å². The summed E-state index contributed by atoms with van der Waals surface area (Å²) in [6.07, 6.45) is 0.914. The van der Waals surface area contributed by atoms with Crippen LogP contribution in [0.1, 0.15) is 29.9 Å². The zero-order valence-electron chi connectivity index (χ0n) is 19.2. The Labute approximate surface area is 199 Å². The van der Waals surface area contributed by atoms with Crippen molar-refractivity contribution in [3.63, 3.8) is 0 Å². The maximum atomic E-state index is 13.6. The number of aromatic nitrogens is 1. The summed E-state index contributed by atoms with van der Waals surface area (Å²) in [7, 11) is 0. The molecule has 1 fully saturated rings. The topological polar surface area (TPSA) is 65.5 Å². The van der Waals surface area contributed by atoms with Crippen molar-refractivity contribution in [2.45, 2.75) is 26.3 Å². The molecule has 2 aromatic carbocycles. The lowest BCUT2D eigenvalue weighted by atomic mass is 10.1. The van der Waals surface area contributed by atoms with Gasteiger partial charge < -0.3 is 10.2 Å². The molecule has 7 heteroatoms. The van der Waals surface area contributed by atoms with Gasteiger partial charge in [0.1, 0.15) is 9.88 Å². The largest absolute Gasteiger partial charge is 0.353 e. The number of carbonyl (C=O) groups is 2. The molecule has 2 amide bonds. The van der Waals surface area contributed by atoms with E-state index in [1.54, 1.807) is 0 Å². The van der Waals surface area contributed by atoms with E-state index in [4.69, 9.17) is 4.98 Å². The van der Waals surface area contributed by atoms with Crippen LogP contribution in [0.15, 0.2) is 60.7 Å². The fourth-order valence-electron chi connectivity index (χ4n) is 3.84. The van der Waals surface area contributed by atoms with E-state index in [1.807, 2.05) is 72.5 Å². The van der Waals surface area contributed by atoms with E-state index in [1.165, 1.54) is 11.3 Å². The van der Waals surface area contributed by atoms with E-state index in [2.05, 4.69) is 17.1 Å². The zero-order valence-corrected chi connectivity index (χ0v) is 20.0. The van der Waals surface area contributed by atoms with Crippen molar-refractivity contribution in [1.29, 1.82) is 0 Å². The third-order valence-electron chi connectivity index (χ3n) is 5.94. The Morgan fingerprint density at radius 1 is 0.970 bits per heavy atom. The van der Waals surface area contributed by atoms with Crippen LogP contribution < -0.4 is 5.32 Å². The molecule has 1 aliphatic rings. The van der Waals surface area contributed by atoms with E-state index in [0.29, 0.717) is 37.6 Å². The molecule has 2 heterocycles. The molecule has 0 radical (unpaired) electrons. The third kappa shape index (κ3) is 5.67. The number of benzene rings is 2. The van der Waals surface area contributed by atoms with Gasteiger partial charge in [0.15, 0.2) is 0 Å². The van der Waals surface area contributed by atoms with E-state index in [9.17, 15) is 9.59 Å². The van der Waals surface area contributed by atoms with Crippen molar-refractivity contribution in [3.05, 3.63) is 65.5 Å². The minimum absolute atomic E-state index is 0.0113. The first-order valence-corrected chi connectivity index (χ1v) is 12.3. The summed E-state index contributed by atoms with van der Waals surface area (Å²) in [5, 5.41) is 3.86. The number of nitrogens with one attached hydrogen (secondary N) is 1. The van der Waals surface area contributed by atoms with Crippen molar-refractivity contribution < 1.29 is 9.59 Å². The van der Waals surface area contributed by atoms with Crippen molar-refractivity contribution in [2.24, 2.45) is 0 Å². The lowest BCUT2D eigenvalue weighted by Gasteiger charge is -2.34. The van der Waals surface area contributed by atoms with Crippen molar-refractivity contribution >= 4 is 23.2 Å². The van der Waals surface area contributed by atoms with Crippen LogP contribution in [0.25, 0.3) is 21.8 Å². The van der Waals surface area contributed by atoms with Gasteiger partial charge in [-0.3, -0.25) is 14.5 Å². The Bertz CT molecular complexity index is 1080. The molecular weight excluding hydrogens is 432 g/mol. The lowest BCUT2D eigenvalue weighted by Crippen LogP contribution is -2.51. The molecular formula is C26H30N4O2S. The second kappa shape index (κ2) is 10.7. The number of hydrogen-bond acceptors (Lipinski definition) is 5. The summed E-state index contributed by atoms with van der Waals surface area (Å²) in [6.45, 7) is 7.01. The Morgan fingerprint density at radius 2 is 1.58 bits per heavy atom. The van der Waals surface area contributed by atoms with E-state index < -0.39 is 0 Å². The Morgan fingerprint density at radius 3 is 2.18 bits per heavy atom. The van der Waals surface area contributed by atoms with Crippen LogP contribution in [0, 0.1) is 0 Å². The van der Waals surface area contributed by atoms with Gasteiger partial charge in [-0.2, -0.15) is 0 Å². The zero-order chi connectivity index (χ0) is 23.2. The molecule has 172 valence electrons. The first kappa shape index (κ1) is 23.1. The summed E-state index contributed by atoms with van der Waals surface area (Å²) in [5.41, 5.74) is 2.69. The Hall–Kier alpha value is -3.03. The standard InChI is InChI=1S/C26H30N4O2S/c1-3-19(2)27-22(31)18-29-14-16-30(17-15-29)26(32)24-23(20-10-6-4-7-11-20)28-25(33-24)21-12-8-5-9-13-21/h4-13,19H,3,14-18H2,1-2H3,(H,27,31). The molecule has 33 heavy (non-hydrogen) atoms. The molecule has 1 aromatic heterocycles. The van der Waals surface area contributed by atoms with Crippen molar-refractivity contribution in [1.82, 2.24) is 20.1 Å². The van der Waals surface area contributed by atoms with Crippen LogP contribution in [-0.2, 0) is 4.79 Å². The summed E-state index contributed by atoms with van der Waals surface area (Å²) in [4.78, 5) is 35.3. The van der Waals surface area contributed by atoms with Gasteiger partial charge in [-0.05, 0) is 13.3 Å². The Balaban J connectivity index is 1.49. The smallest absolute Gasteiger partial charge is 0.266 e. The number of piperazine rings is 1. The summed E-state index contributed by atoms with van der Waals surface area (Å²) < 4.78 is 0. The first-order chi connectivity index (χ1) is 16.0. The molecule has 1 saturated heterocycles. The number of carbonyl (C=O) groups excluding carboxylic acids is 2. The highest BCUT2D eigenvalue weighted by Gasteiger charge is 2.28. The molecule has 4 rings (SSSR count). The lowest BCUT2D eigenvalue weighted by molar-refractivity contribution is -0.123. The van der Waals surface area contributed by atoms with Crippen LogP contribution in [0.3, 0.4) is 0 Å². The highest BCUT2D eigenvalue weighted by atomic mass is 32.1. The average molecular weight is 463 g/mol. The Kier molecular flexibility index (Phi) is 7.52. The average Bonchev–Trinajstić information content (AvgIpc) is 3.30. The fraction of sp³-hybridized carbons (Fsp3) is 0.346. The third-order valence-corrected chi connectivity index (χ3v) is 7.03. The van der Waals surface area contributed by atoms with Gasteiger partial charge in [0, 0.05) is 43.3 Å². The molecule has 0 saturated carbocycles. The molecule has 1 atom stereocenters. The predicted octanol–water partition coefficient (Wildman–Crippen LogP) is 4.15. The normalized spacial score (nSPS) is 15.3. The van der Waals surface area contributed by atoms with Crippen molar-refractivity contribution in [3.8, 4) is 21.8 Å². The van der Waals surface area contributed by atoms with Gasteiger partial charge in [-0.15, -0.1) is 11.3 Å². The van der Waals surface area contributed by atoms with Crippen molar-refractivity contribution in [2.75, 3.05) is 32.7 Å². The minimum atomic E-state index is 0.0113. The second-order valence-electron chi connectivity index (χ2n) is 8.37.